The standard InChI is InChI=1S/C28H42O5/c1-16-17-9-12-26(4)20(24(17,2)15-19(29)21(16)30)8-7-18-22-27(5,33)10-6-11-28(22,23(31)32)14-13-25(18,26)3/h7,16-17,20-22,30,33H,6,8-15H2,1-5H3,(H,31,32)/t16?,17?,20?,21?,22?,24?,25-,26?,27-,28?/m1/s1. The van der Waals surface area contributed by atoms with Crippen molar-refractivity contribution in [3.05, 3.63) is 11.6 Å². The van der Waals surface area contributed by atoms with Crippen molar-refractivity contribution in [2.24, 2.45) is 45.3 Å². The fourth-order valence-electron chi connectivity index (χ4n) is 10.3. The molecule has 10 atom stereocenters. The van der Waals surface area contributed by atoms with Crippen molar-refractivity contribution in [1.29, 1.82) is 0 Å². The molecule has 3 N–H and O–H groups in total. The van der Waals surface area contributed by atoms with Gasteiger partial charge in [-0.25, -0.2) is 0 Å². The Balaban J connectivity index is 1.63. The van der Waals surface area contributed by atoms with Crippen LogP contribution in [0.3, 0.4) is 0 Å². The maximum absolute atomic E-state index is 12.8. The average molecular weight is 459 g/mol. The number of carboxylic acid groups (broad SMARTS) is 1. The highest BCUT2D eigenvalue weighted by molar-refractivity contribution is 5.85. The van der Waals surface area contributed by atoms with Crippen molar-refractivity contribution in [1.82, 2.24) is 0 Å². The predicted molar refractivity (Wildman–Crippen MR) is 125 cm³/mol. The molecule has 0 aliphatic heterocycles. The molecule has 5 heteroatoms. The summed E-state index contributed by atoms with van der Waals surface area (Å²) in [6.07, 6.45) is 8.17. The highest BCUT2D eigenvalue weighted by atomic mass is 16.4. The summed E-state index contributed by atoms with van der Waals surface area (Å²) in [5, 5.41) is 32.5. The van der Waals surface area contributed by atoms with Crippen molar-refractivity contribution in [2.45, 2.75) is 104 Å². The molecule has 0 heterocycles. The third-order valence-corrected chi connectivity index (χ3v) is 12.2. The minimum Gasteiger partial charge on any atom is -0.481 e. The number of aliphatic carboxylic acids is 1. The van der Waals surface area contributed by atoms with Crippen LogP contribution >= 0.6 is 0 Å². The number of fused-ring (bicyclic) bond motifs is 7. The molecule has 0 radical (unpaired) electrons. The summed E-state index contributed by atoms with van der Waals surface area (Å²) in [6.45, 7) is 10.9. The van der Waals surface area contributed by atoms with E-state index < -0.39 is 23.1 Å². The second kappa shape index (κ2) is 6.94. The Morgan fingerprint density at radius 3 is 2.42 bits per heavy atom. The Morgan fingerprint density at radius 2 is 1.76 bits per heavy atom. The van der Waals surface area contributed by atoms with Crippen LogP contribution < -0.4 is 0 Å². The molecule has 5 aliphatic carbocycles. The Hall–Kier alpha value is -1.20. The molecule has 0 amide bonds. The van der Waals surface area contributed by atoms with Crippen molar-refractivity contribution >= 4 is 11.8 Å². The van der Waals surface area contributed by atoms with Crippen LogP contribution in [0, 0.1) is 45.3 Å². The minimum absolute atomic E-state index is 0.0193. The zero-order valence-electron chi connectivity index (χ0n) is 21.0. The summed E-state index contributed by atoms with van der Waals surface area (Å²) < 4.78 is 0. The summed E-state index contributed by atoms with van der Waals surface area (Å²) in [4.78, 5) is 25.5. The zero-order valence-corrected chi connectivity index (χ0v) is 21.0. The molecule has 5 rings (SSSR count). The van der Waals surface area contributed by atoms with Gasteiger partial charge in [-0.15, -0.1) is 0 Å². The van der Waals surface area contributed by atoms with E-state index in [4.69, 9.17) is 0 Å². The molecule has 0 saturated heterocycles. The number of hydrogen-bond donors (Lipinski definition) is 3. The highest BCUT2D eigenvalue weighted by Crippen LogP contribution is 2.74. The van der Waals surface area contributed by atoms with Gasteiger partial charge in [0.05, 0.1) is 11.0 Å². The first-order valence-corrected chi connectivity index (χ1v) is 13.1. The molecular formula is C28H42O5. The van der Waals surface area contributed by atoms with Gasteiger partial charge >= 0.3 is 5.97 Å². The molecule has 184 valence electrons. The number of allylic oxidation sites excluding steroid dienone is 1. The lowest BCUT2D eigenvalue weighted by molar-refractivity contribution is -0.200. The third-order valence-electron chi connectivity index (χ3n) is 12.2. The Morgan fingerprint density at radius 1 is 1.06 bits per heavy atom. The molecule has 0 spiro atoms. The van der Waals surface area contributed by atoms with Crippen LogP contribution in [0.5, 0.6) is 0 Å². The van der Waals surface area contributed by atoms with Gasteiger partial charge in [-0.3, -0.25) is 9.59 Å². The Kier molecular flexibility index (Phi) is 4.95. The molecular weight excluding hydrogens is 416 g/mol. The number of carbonyl (C=O) groups is 2. The molecule has 5 aliphatic rings. The van der Waals surface area contributed by atoms with Gasteiger partial charge in [0.25, 0.3) is 0 Å². The fraction of sp³-hybridized carbons (Fsp3) is 0.857. The van der Waals surface area contributed by atoms with Crippen LogP contribution in [0.2, 0.25) is 0 Å². The maximum Gasteiger partial charge on any atom is 0.310 e. The molecule has 0 bridgehead atoms. The van der Waals surface area contributed by atoms with Gasteiger partial charge in [-0.05, 0) is 92.3 Å². The van der Waals surface area contributed by atoms with E-state index in [0.717, 1.165) is 32.1 Å². The number of ketones is 1. The van der Waals surface area contributed by atoms with Gasteiger partial charge < -0.3 is 15.3 Å². The van der Waals surface area contributed by atoms with Gasteiger partial charge in [0, 0.05) is 12.3 Å². The zero-order chi connectivity index (χ0) is 24.2. The lowest BCUT2D eigenvalue weighted by atomic mass is 9.34. The molecule has 8 unspecified atom stereocenters. The van der Waals surface area contributed by atoms with Crippen LogP contribution in [0.4, 0.5) is 0 Å². The van der Waals surface area contributed by atoms with E-state index >= 15 is 0 Å². The summed E-state index contributed by atoms with van der Waals surface area (Å²) in [6, 6.07) is 0. The van der Waals surface area contributed by atoms with Crippen LogP contribution in [-0.4, -0.2) is 38.8 Å². The van der Waals surface area contributed by atoms with Crippen LogP contribution in [0.25, 0.3) is 0 Å². The monoisotopic (exact) mass is 458 g/mol. The quantitative estimate of drug-likeness (QED) is 0.493. The van der Waals surface area contributed by atoms with E-state index in [-0.39, 0.29) is 33.9 Å². The summed E-state index contributed by atoms with van der Waals surface area (Å²) in [5.41, 5.74) is -1.15. The summed E-state index contributed by atoms with van der Waals surface area (Å²) in [5.74, 6) is -0.520. The van der Waals surface area contributed by atoms with Crippen molar-refractivity contribution in [3.8, 4) is 0 Å². The van der Waals surface area contributed by atoms with Gasteiger partial charge in [-0.2, -0.15) is 0 Å². The Bertz CT molecular complexity index is 921. The van der Waals surface area contributed by atoms with Crippen LogP contribution in [-0.2, 0) is 9.59 Å². The molecule has 33 heavy (non-hydrogen) atoms. The Labute approximate surface area is 198 Å². The number of carboxylic acids is 1. The van der Waals surface area contributed by atoms with Crippen molar-refractivity contribution in [3.63, 3.8) is 0 Å². The first-order chi connectivity index (χ1) is 15.2. The van der Waals surface area contributed by atoms with E-state index in [1.165, 1.54) is 5.57 Å². The predicted octanol–water partition coefficient (Wildman–Crippen LogP) is 4.75. The third kappa shape index (κ3) is 2.73. The first-order valence-electron chi connectivity index (χ1n) is 13.1. The van der Waals surface area contributed by atoms with Gasteiger partial charge in [0.2, 0.25) is 0 Å². The molecule has 0 aromatic heterocycles. The number of aliphatic hydroxyl groups excluding tert-OH is 1. The van der Waals surface area contributed by atoms with Gasteiger partial charge in [0.15, 0.2) is 5.78 Å². The van der Waals surface area contributed by atoms with Crippen LogP contribution in [0.15, 0.2) is 11.6 Å². The van der Waals surface area contributed by atoms with E-state index in [1.54, 1.807) is 0 Å². The maximum atomic E-state index is 12.8. The number of aliphatic hydroxyl groups is 2. The minimum atomic E-state index is -1.02. The van der Waals surface area contributed by atoms with Gasteiger partial charge in [0.1, 0.15) is 6.10 Å². The summed E-state index contributed by atoms with van der Waals surface area (Å²) in [7, 11) is 0. The lowest BCUT2D eigenvalue weighted by Gasteiger charge is -2.70. The molecule has 4 saturated carbocycles. The number of rotatable bonds is 1. The molecule has 5 nitrogen and oxygen atoms in total. The van der Waals surface area contributed by atoms with E-state index in [1.807, 2.05) is 13.8 Å². The second-order valence-electron chi connectivity index (χ2n) is 13.4. The normalized spacial score (nSPS) is 56.0. The van der Waals surface area contributed by atoms with Crippen molar-refractivity contribution < 1.29 is 24.9 Å². The number of hydrogen-bond acceptors (Lipinski definition) is 4. The average Bonchev–Trinajstić information content (AvgIpc) is 2.72. The van der Waals surface area contributed by atoms with Crippen molar-refractivity contribution in [2.75, 3.05) is 0 Å². The molecule has 0 aromatic carbocycles. The van der Waals surface area contributed by atoms with Crippen LogP contribution in [0.1, 0.15) is 92.4 Å². The molecule has 4 fully saturated rings. The SMILES string of the molecule is CC1C(O)C(=O)CC2(C)C1CCC1(C)C2CC=C2C3C(C(=O)O)(CCC[C@@]3(C)O)CC[C@]21C. The highest BCUT2D eigenvalue weighted by Gasteiger charge is 2.70. The van der Waals surface area contributed by atoms with E-state index in [2.05, 4.69) is 26.8 Å². The summed E-state index contributed by atoms with van der Waals surface area (Å²) >= 11 is 0. The number of Topliss-reactive ketones (excluding diaryl/α,β-unsaturated/α-hetero) is 1. The largest absolute Gasteiger partial charge is 0.481 e. The smallest absolute Gasteiger partial charge is 0.310 e. The lowest BCUT2D eigenvalue weighted by Crippen LogP contribution is -2.66. The van der Waals surface area contributed by atoms with Gasteiger partial charge in [-0.1, -0.05) is 39.3 Å². The topological polar surface area (TPSA) is 94.8 Å². The molecule has 0 aromatic rings. The van der Waals surface area contributed by atoms with E-state index in [0.29, 0.717) is 37.5 Å². The first kappa shape index (κ1) is 23.5. The van der Waals surface area contributed by atoms with E-state index in [9.17, 15) is 24.9 Å². The number of carbonyl (C=O) groups excluding carboxylic acids is 1. The fourth-order valence-corrected chi connectivity index (χ4v) is 10.3. The second-order valence-corrected chi connectivity index (χ2v) is 13.4.